The summed E-state index contributed by atoms with van der Waals surface area (Å²) >= 11 is 0. The minimum absolute atomic E-state index is 0.0748. The van der Waals surface area contributed by atoms with Crippen molar-refractivity contribution >= 4 is 16.9 Å². The standard InChI is InChI=1S/C20H26N4O3/c1-10(2)9-24-17-16(19(26)23-20(24)27)14(8-15(22-17)13-6-7-13)18(25)21-11(3)12-4-5-12/h8,10-13H,4-7,9H2,1-3H3,(H,21,25)(H,23,26,27)/t11-/m1/s1. The number of nitrogens with zero attached hydrogens (tertiary/aromatic N) is 2. The zero-order valence-electron chi connectivity index (χ0n) is 16.0. The number of hydrogen-bond donors (Lipinski definition) is 2. The van der Waals surface area contributed by atoms with Crippen molar-refractivity contribution in [3.8, 4) is 0 Å². The van der Waals surface area contributed by atoms with Gasteiger partial charge in [0.05, 0.1) is 10.9 Å². The van der Waals surface area contributed by atoms with E-state index in [0.717, 1.165) is 31.4 Å². The number of aromatic nitrogens is 3. The van der Waals surface area contributed by atoms with Crippen LogP contribution in [0.3, 0.4) is 0 Å². The van der Waals surface area contributed by atoms with Gasteiger partial charge in [-0.15, -0.1) is 0 Å². The Bertz CT molecular complexity index is 1010. The second kappa shape index (κ2) is 6.62. The molecule has 2 aliphatic carbocycles. The van der Waals surface area contributed by atoms with Gasteiger partial charge in [0.25, 0.3) is 11.5 Å². The van der Waals surface area contributed by atoms with E-state index in [-0.39, 0.29) is 23.3 Å². The van der Waals surface area contributed by atoms with Gasteiger partial charge in [0.2, 0.25) is 0 Å². The van der Waals surface area contributed by atoms with Gasteiger partial charge in [0.1, 0.15) is 0 Å². The molecule has 0 spiro atoms. The lowest BCUT2D eigenvalue weighted by atomic mass is 10.1. The molecule has 0 radical (unpaired) electrons. The summed E-state index contributed by atoms with van der Waals surface area (Å²) in [6.07, 6.45) is 4.30. The third-order valence-electron chi connectivity index (χ3n) is 5.44. The van der Waals surface area contributed by atoms with E-state index in [4.69, 9.17) is 0 Å². The average molecular weight is 370 g/mol. The summed E-state index contributed by atoms with van der Waals surface area (Å²) in [5.74, 6) is 0.769. The van der Waals surface area contributed by atoms with E-state index in [1.807, 2.05) is 20.8 Å². The summed E-state index contributed by atoms with van der Waals surface area (Å²) in [6.45, 7) is 6.44. The SMILES string of the molecule is CC(C)Cn1c(=O)[nH]c(=O)c2c(C(=O)N[C@H](C)C3CC3)cc(C3CC3)nc21. The lowest BCUT2D eigenvalue weighted by molar-refractivity contribution is 0.0937. The zero-order valence-corrected chi connectivity index (χ0v) is 16.0. The second-order valence-corrected chi connectivity index (χ2v) is 8.43. The molecule has 2 N–H and O–H groups in total. The van der Waals surface area contributed by atoms with Crippen LogP contribution < -0.4 is 16.6 Å². The molecule has 0 bridgehead atoms. The number of nitrogens with one attached hydrogen (secondary N) is 2. The number of carbonyl (C=O) groups excluding carboxylic acids is 1. The molecule has 2 aromatic rings. The number of fused-ring (bicyclic) bond motifs is 1. The first-order valence-electron chi connectivity index (χ1n) is 9.83. The summed E-state index contributed by atoms with van der Waals surface area (Å²) in [5, 5.41) is 3.24. The number of H-pyrrole nitrogens is 1. The quantitative estimate of drug-likeness (QED) is 0.814. The average Bonchev–Trinajstić information content (AvgIpc) is 3.47. The summed E-state index contributed by atoms with van der Waals surface area (Å²) in [5.41, 5.74) is 0.432. The minimum Gasteiger partial charge on any atom is -0.349 e. The summed E-state index contributed by atoms with van der Waals surface area (Å²) in [6, 6.07) is 1.82. The van der Waals surface area contributed by atoms with Gasteiger partial charge in [0.15, 0.2) is 5.65 Å². The minimum atomic E-state index is -0.547. The molecule has 0 saturated heterocycles. The third-order valence-corrected chi connectivity index (χ3v) is 5.44. The highest BCUT2D eigenvalue weighted by Crippen LogP contribution is 2.40. The first kappa shape index (κ1) is 17.9. The van der Waals surface area contributed by atoms with Crippen molar-refractivity contribution in [2.75, 3.05) is 0 Å². The number of carbonyl (C=O) groups is 1. The number of pyridine rings is 1. The number of hydrogen-bond acceptors (Lipinski definition) is 4. The maximum Gasteiger partial charge on any atom is 0.330 e. The largest absolute Gasteiger partial charge is 0.349 e. The third kappa shape index (κ3) is 3.55. The molecule has 2 aromatic heterocycles. The summed E-state index contributed by atoms with van der Waals surface area (Å²) in [4.78, 5) is 45.0. The van der Waals surface area contributed by atoms with Crippen LogP contribution in [0.2, 0.25) is 0 Å². The normalized spacial score (nSPS) is 18.1. The van der Waals surface area contributed by atoms with Crippen molar-refractivity contribution in [3.63, 3.8) is 0 Å². The maximum atomic E-state index is 13.0. The molecule has 144 valence electrons. The summed E-state index contributed by atoms with van der Waals surface area (Å²) in [7, 11) is 0. The van der Waals surface area contributed by atoms with Crippen LogP contribution in [0.25, 0.3) is 11.0 Å². The molecular weight excluding hydrogens is 344 g/mol. The Hall–Kier alpha value is -2.44. The van der Waals surface area contributed by atoms with Crippen molar-refractivity contribution in [2.45, 2.75) is 65.0 Å². The topological polar surface area (TPSA) is 96.9 Å². The van der Waals surface area contributed by atoms with Crippen LogP contribution in [0, 0.1) is 11.8 Å². The molecule has 2 aliphatic rings. The lowest BCUT2D eigenvalue weighted by Crippen LogP contribution is -2.37. The van der Waals surface area contributed by atoms with Crippen LogP contribution in [0.15, 0.2) is 15.7 Å². The highest BCUT2D eigenvalue weighted by Gasteiger charge is 2.32. The van der Waals surface area contributed by atoms with Gasteiger partial charge in [-0.05, 0) is 50.5 Å². The van der Waals surface area contributed by atoms with E-state index < -0.39 is 11.2 Å². The highest BCUT2D eigenvalue weighted by atomic mass is 16.2. The fourth-order valence-electron chi connectivity index (χ4n) is 3.59. The predicted molar refractivity (Wildman–Crippen MR) is 103 cm³/mol. The molecule has 0 aliphatic heterocycles. The van der Waals surface area contributed by atoms with Crippen LogP contribution in [0.5, 0.6) is 0 Å². The van der Waals surface area contributed by atoms with Gasteiger partial charge in [-0.3, -0.25) is 19.1 Å². The van der Waals surface area contributed by atoms with E-state index in [2.05, 4.69) is 15.3 Å². The van der Waals surface area contributed by atoms with Crippen molar-refractivity contribution in [3.05, 3.63) is 38.2 Å². The highest BCUT2D eigenvalue weighted by molar-refractivity contribution is 6.05. The van der Waals surface area contributed by atoms with E-state index in [0.29, 0.717) is 29.6 Å². The van der Waals surface area contributed by atoms with Crippen molar-refractivity contribution in [2.24, 2.45) is 11.8 Å². The Balaban J connectivity index is 1.89. The molecule has 7 nitrogen and oxygen atoms in total. The number of amides is 1. The second-order valence-electron chi connectivity index (χ2n) is 8.43. The van der Waals surface area contributed by atoms with E-state index in [1.165, 1.54) is 4.57 Å². The van der Waals surface area contributed by atoms with Crippen LogP contribution in [-0.4, -0.2) is 26.5 Å². The molecule has 1 amide bonds. The van der Waals surface area contributed by atoms with Crippen LogP contribution in [-0.2, 0) is 6.54 Å². The lowest BCUT2D eigenvalue weighted by Gasteiger charge is -2.16. The van der Waals surface area contributed by atoms with Crippen molar-refractivity contribution < 1.29 is 4.79 Å². The van der Waals surface area contributed by atoms with Gasteiger partial charge in [-0.25, -0.2) is 9.78 Å². The Morgan fingerprint density at radius 3 is 2.56 bits per heavy atom. The Kier molecular flexibility index (Phi) is 4.40. The molecule has 7 heteroatoms. The van der Waals surface area contributed by atoms with Crippen LogP contribution in [0.4, 0.5) is 0 Å². The van der Waals surface area contributed by atoms with Gasteiger partial charge < -0.3 is 5.32 Å². The molecular formula is C20H26N4O3. The maximum absolute atomic E-state index is 13.0. The first-order valence-corrected chi connectivity index (χ1v) is 9.83. The molecule has 2 fully saturated rings. The molecule has 1 atom stereocenters. The van der Waals surface area contributed by atoms with Gasteiger partial charge >= 0.3 is 5.69 Å². The van der Waals surface area contributed by atoms with Crippen molar-refractivity contribution in [1.82, 2.24) is 19.9 Å². The van der Waals surface area contributed by atoms with E-state index in [9.17, 15) is 14.4 Å². The van der Waals surface area contributed by atoms with E-state index in [1.54, 1.807) is 6.07 Å². The molecule has 2 heterocycles. The molecule has 27 heavy (non-hydrogen) atoms. The number of rotatable bonds is 6. The predicted octanol–water partition coefficient (Wildman–Crippen LogP) is 2.15. The molecule has 0 unspecified atom stereocenters. The van der Waals surface area contributed by atoms with Gasteiger partial charge in [-0.1, -0.05) is 13.8 Å². The zero-order chi connectivity index (χ0) is 19.3. The Morgan fingerprint density at radius 2 is 1.96 bits per heavy atom. The fraction of sp³-hybridized carbons (Fsp3) is 0.600. The number of aromatic amines is 1. The summed E-state index contributed by atoms with van der Waals surface area (Å²) < 4.78 is 1.49. The van der Waals surface area contributed by atoms with Crippen LogP contribution in [0.1, 0.15) is 68.4 Å². The Morgan fingerprint density at radius 1 is 1.26 bits per heavy atom. The molecule has 4 rings (SSSR count). The molecule has 2 saturated carbocycles. The van der Waals surface area contributed by atoms with Gasteiger partial charge in [0, 0.05) is 24.2 Å². The van der Waals surface area contributed by atoms with Crippen molar-refractivity contribution in [1.29, 1.82) is 0 Å². The first-order chi connectivity index (χ1) is 12.8. The van der Waals surface area contributed by atoms with Gasteiger partial charge in [-0.2, -0.15) is 0 Å². The Labute approximate surface area is 157 Å². The molecule has 0 aromatic carbocycles. The monoisotopic (exact) mass is 370 g/mol. The van der Waals surface area contributed by atoms with E-state index >= 15 is 0 Å². The smallest absolute Gasteiger partial charge is 0.330 e. The fourth-order valence-corrected chi connectivity index (χ4v) is 3.59. The van der Waals surface area contributed by atoms with Crippen LogP contribution >= 0.6 is 0 Å².